The van der Waals surface area contributed by atoms with Gasteiger partial charge in [-0.15, -0.1) is 0 Å². The maximum atomic E-state index is 13.3. The first-order valence-corrected chi connectivity index (χ1v) is 10.2. The summed E-state index contributed by atoms with van der Waals surface area (Å²) in [7, 11) is -3.60. The summed E-state index contributed by atoms with van der Waals surface area (Å²) in [6.45, 7) is 1.45. The molecule has 1 heterocycles. The summed E-state index contributed by atoms with van der Waals surface area (Å²) < 4.78 is 38.5. The molecular weight excluding hydrogens is 355 g/mol. The Morgan fingerprint density at radius 1 is 1.25 bits per heavy atom. The molecule has 2 rings (SSSR count). The van der Waals surface area contributed by atoms with E-state index in [4.69, 9.17) is 11.6 Å². The average molecular weight is 377 g/mol. The summed E-state index contributed by atoms with van der Waals surface area (Å²) in [4.78, 5) is 14.1. The van der Waals surface area contributed by atoms with Gasteiger partial charge in [-0.05, 0) is 31.0 Å². The van der Waals surface area contributed by atoms with Crippen molar-refractivity contribution in [3.8, 4) is 0 Å². The fourth-order valence-electron chi connectivity index (χ4n) is 2.80. The Bertz CT molecular complexity index is 689. The molecule has 8 heteroatoms. The van der Waals surface area contributed by atoms with Crippen molar-refractivity contribution in [2.75, 3.05) is 30.2 Å². The van der Waals surface area contributed by atoms with E-state index in [2.05, 4.69) is 0 Å². The highest BCUT2D eigenvalue weighted by atomic mass is 35.5. The van der Waals surface area contributed by atoms with Crippen LogP contribution in [-0.4, -0.2) is 45.1 Å². The quantitative estimate of drug-likeness (QED) is 0.793. The number of carbonyl (C=O) groups is 1. The number of benzene rings is 1. The number of amides is 1. The third-order valence-electron chi connectivity index (χ3n) is 4.08. The van der Waals surface area contributed by atoms with Gasteiger partial charge in [0.1, 0.15) is 5.82 Å². The van der Waals surface area contributed by atoms with Gasteiger partial charge in [-0.3, -0.25) is 9.10 Å². The Balaban J connectivity index is 2.09. The Kier molecular flexibility index (Phi) is 6.46. The summed E-state index contributed by atoms with van der Waals surface area (Å²) in [6.07, 6.45) is 5.34. The molecule has 0 unspecified atom stereocenters. The van der Waals surface area contributed by atoms with Crippen LogP contribution >= 0.6 is 11.6 Å². The van der Waals surface area contributed by atoms with Gasteiger partial charge in [-0.1, -0.05) is 24.4 Å². The van der Waals surface area contributed by atoms with E-state index >= 15 is 0 Å². The lowest BCUT2D eigenvalue weighted by Crippen LogP contribution is -2.37. The van der Waals surface area contributed by atoms with E-state index in [0.29, 0.717) is 0 Å². The largest absolute Gasteiger partial charge is 0.343 e. The fourth-order valence-corrected chi connectivity index (χ4v) is 3.90. The van der Waals surface area contributed by atoms with Gasteiger partial charge >= 0.3 is 0 Å². The second kappa shape index (κ2) is 8.16. The number of hydrogen-bond donors (Lipinski definition) is 0. The fraction of sp³-hybridized carbons (Fsp3) is 0.562. The van der Waals surface area contributed by atoms with Gasteiger partial charge in [-0.25, -0.2) is 12.8 Å². The molecule has 1 saturated heterocycles. The predicted octanol–water partition coefficient (Wildman–Crippen LogP) is 3.04. The lowest BCUT2D eigenvalue weighted by molar-refractivity contribution is -0.130. The Labute approximate surface area is 147 Å². The molecule has 1 aromatic rings. The molecule has 1 amide bonds. The number of sulfonamides is 1. The molecule has 1 aliphatic heterocycles. The number of carbonyl (C=O) groups excluding carboxylic acids is 1. The first-order chi connectivity index (χ1) is 11.3. The molecule has 0 N–H and O–H groups in total. The molecule has 0 spiro atoms. The standard InChI is InChI=1S/C16H22ClFN2O3S/c1-24(22,23)20(13-6-7-15(18)14(17)12-13)11-8-16(21)19-9-4-2-3-5-10-19/h6-7,12H,2-5,8-11H2,1H3. The highest BCUT2D eigenvalue weighted by Crippen LogP contribution is 2.24. The molecule has 134 valence electrons. The number of rotatable bonds is 5. The SMILES string of the molecule is CS(=O)(=O)N(CCC(=O)N1CCCCCC1)c1ccc(F)c(Cl)c1. The van der Waals surface area contributed by atoms with E-state index in [1.54, 1.807) is 4.90 Å². The zero-order valence-corrected chi connectivity index (χ0v) is 15.2. The zero-order valence-electron chi connectivity index (χ0n) is 13.7. The molecule has 0 atom stereocenters. The van der Waals surface area contributed by atoms with Crippen molar-refractivity contribution in [1.29, 1.82) is 0 Å². The van der Waals surface area contributed by atoms with Crippen molar-refractivity contribution in [2.45, 2.75) is 32.1 Å². The van der Waals surface area contributed by atoms with Gasteiger partial charge in [0.25, 0.3) is 0 Å². The van der Waals surface area contributed by atoms with Gasteiger partial charge < -0.3 is 4.90 Å². The van der Waals surface area contributed by atoms with Gasteiger partial charge in [0.2, 0.25) is 15.9 Å². The van der Waals surface area contributed by atoms with Gasteiger partial charge in [0, 0.05) is 26.1 Å². The second-order valence-corrected chi connectivity index (χ2v) is 8.29. The van der Waals surface area contributed by atoms with Crippen LogP contribution in [0.1, 0.15) is 32.1 Å². The smallest absolute Gasteiger partial charge is 0.232 e. The van der Waals surface area contributed by atoms with Crippen LogP contribution in [-0.2, 0) is 14.8 Å². The van der Waals surface area contributed by atoms with E-state index in [0.717, 1.165) is 55.4 Å². The monoisotopic (exact) mass is 376 g/mol. The van der Waals surface area contributed by atoms with E-state index in [1.807, 2.05) is 0 Å². The van der Waals surface area contributed by atoms with Crippen molar-refractivity contribution >= 4 is 33.2 Å². The maximum Gasteiger partial charge on any atom is 0.232 e. The molecule has 0 bridgehead atoms. The van der Waals surface area contributed by atoms with Gasteiger partial charge in [-0.2, -0.15) is 0 Å². The summed E-state index contributed by atoms with van der Waals surface area (Å²) >= 11 is 5.74. The van der Waals surface area contributed by atoms with Crippen molar-refractivity contribution < 1.29 is 17.6 Å². The topological polar surface area (TPSA) is 57.7 Å². The summed E-state index contributed by atoms with van der Waals surface area (Å²) in [5, 5.41) is -0.153. The van der Waals surface area contributed by atoms with Crippen LogP contribution in [0.25, 0.3) is 0 Å². The summed E-state index contributed by atoms with van der Waals surface area (Å²) in [5.41, 5.74) is 0.257. The zero-order chi connectivity index (χ0) is 17.7. The van der Waals surface area contributed by atoms with Crippen LogP contribution in [0.5, 0.6) is 0 Å². The molecule has 24 heavy (non-hydrogen) atoms. The second-order valence-electron chi connectivity index (χ2n) is 5.98. The molecule has 1 aliphatic rings. The lowest BCUT2D eigenvalue weighted by atomic mass is 10.2. The van der Waals surface area contributed by atoms with Crippen molar-refractivity contribution in [2.24, 2.45) is 0 Å². The van der Waals surface area contributed by atoms with Crippen LogP contribution < -0.4 is 4.31 Å². The Hall–Kier alpha value is -1.34. The first kappa shape index (κ1) is 19.0. The highest BCUT2D eigenvalue weighted by molar-refractivity contribution is 7.92. The van der Waals surface area contributed by atoms with E-state index in [1.165, 1.54) is 12.1 Å². The minimum atomic E-state index is -3.60. The summed E-state index contributed by atoms with van der Waals surface area (Å²) in [5.74, 6) is -0.673. The number of hydrogen-bond acceptors (Lipinski definition) is 3. The highest BCUT2D eigenvalue weighted by Gasteiger charge is 2.22. The third-order valence-corrected chi connectivity index (χ3v) is 5.56. The molecule has 0 radical (unpaired) electrons. The number of halogens is 2. The molecule has 1 aromatic carbocycles. The van der Waals surface area contributed by atoms with E-state index < -0.39 is 15.8 Å². The Morgan fingerprint density at radius 3 is 2.42 bits per heavy atom. The number of likely N-dealkylation sites (tertiary alicyclic amines) is 1. The van der Waals surface area contributed by atoms with Gasteiger partial charge in [0.15, 0.2) is 0 Å². The minimum Gasteiger partial charge on any atom is -0.343 e. The van der Waals surface area contributed by atoms with Gasteiger partial charge in [0.05, 0.1) is 17.0 Å². The first-order valence-electron chi connectivity index (χ1n) is 7.99. The third kappa shape index (κ3) is 5.08. The van der Waals surface area contributed by atoms with Crippen LogP contribution in [0.15, 0.2) is 18.2 Å². The lowest BCUT2D eigenvalue weighted by Gasteiger charge is -2.25. The maximum absolute atomic E-state index is 13.3. The molecule has 5 nitrogen and oxygen atoms in total. The van der Waals surface area contributed by atoms with Crippen molar-refractivity contribution in [3.63, 3.8) is 0 Å². The minimum absolute atomic E-state index is 0.0100. The predicted molar refractivity (Wildman–Crippen MR) is 93.3 cm³/mol. The number of nitrogens with zero attached hydrogens (tertiary/aromatic N) is 2. The van der Waals surface area contributed by atoms with Crippen LogP contribution in [0.2, 0.25) is 5.02 Å². The van der Waals surface area contributed by atoms with Crippen molar-refractivity contribution in [1.82, 2.24) is 4.90 Å². The molecule has 0 saturated carbocycles. The van der Waals surface area contributed by atoms with E-state index in [9.17, 15) is 17.6 Å². The molecule has 1 fully saturated rings. The normalized spacial score (nSPS) is 15.9. The van der Waals surface area contributed by atoms with Crippen LogP contribution in [0, 0.1) is 5.82 Å². The molecule has 0 aliphatic carbocycles. The average Bonchev–Trinajstić information content (AvgIpc) is 2.78. The molecule has 0 aromatic heterocycles. The molecular formula is C16H22ClFN2O3S. The number of anilines is 1. The van der Waals surface area contributed by atoms with E-state index in [-0.39, 0.29) is 29.6 Å². The van der Waals surface area contributed by atoms with Crippen LogP contribution in [0.4, 0.5) is 10.1 Å². The Morgan fingerprint density at radius 2 is 1.88 bits per heavy atom. The van der Waals surface area contributed by atoms with Crippen molar-refractivity contribution in [3.05, 3.63) is 29.0 Å². The summed E-state index contributed by atoms with van der Waals surface area (Å²) in [6, 6.07) is 3.72. The van der Waals surface area contributed by atoms with Crippen LogP contribution in [0.3, 0.4) is 0 Å².